The lowest BCUT2D eigenvalue weighted by Gasteiger charge is -2.30. The average Bonchev–Trinajstić information content (AvgIpc) is 2.96. The van der Waals surface area contributed by atoms with E-state index in [2.05, 4.69) is 29.1 Å². The van der Waals surface area contributed by atoms with Crippen molar-refractivity contribution in [2.24, 2.45) is 0 Å². The maximum Gasteiger partial charge on any atom is 0.335 e. The van der Waals surface area contributed by atoms with E-state index >= 15 is 0 Å². The first kappa shape index (κ1) is 28.4. The average molecular weight is 547 g/mol. The number of rotatable bonds is 13. The van der Waals surface area contributed by atoms with E-state index in [1.54, 1.807) is 0 Å². The second-order valence-electron chi connectivity index (χ2n) is 9.56. The van der Waals surface area contributed by atoms with Gasteiger partial charge in [0.15, 0.2) is 0 Å². The molecule has 0 radical (unpaired) electrons. The highest BCUT2D eigenvalue weighted by Crippen LogP contribution is 2.31. The predicted molar refractivity (Wildman–Crippen MR) is 152 cm³/mol. The number of allylic oxidation sites excluding steroid dienone is 3. The van der Waals surface area contributed by atoms with Crippen LogP contribution >= 0.6 is 0 Å². The van der Waals surface area contributed by atoms with Gasteiger partial charge in [-0.2, -0.15) is 0 Å². The molecule has 0 spiro atoms. The van der Waals surface area contributed by atoms with E-state index in [-0.39, 0.29) is 10.5 Å². The van der Waals surface area contributed by atoms with Crippen molar-refractivity contribution >= 4 is 16.0 Å². The molecule has 4 rings (SSSR count). The molecule has 1 aliphatic rings. The molecule has 0 amide bonds. The second-order valence-corrected chi connectivity index (χ2v) is 11.3. The first-order valence-corrected chi connectivity index (χ1v) is 14.4. The summed E-state index contributed by atoms with van der Waals surface area (Å²) in [6, 6.07) is 23.3. The zero-order valence-electron chi connectivity index (χ0n) is 21.9. The minimum Gasteiger partial charge on any atom is -0.478 e. The molecule has 2 atom stereocenters. The van der Waals surface area contributed by atoms with Crippen LogP contribution in [0.4, 0.5) is 0 Å². The van der Waals surface area contributed by atoms with Crippen LogP contribution in [0.5, 0.6) is 0 Å². The summed E-state index contributed by atoms with van der Waals surface area (Å²) >= 11 is 0. The molecule has 3 N–H and O–H groups in total. The molecule has 0 aliphatic heterocycles. The topological polar surface area (TPSA) is 105 Å². The Bertz CT molecular complexity index is 1400. The molecule has 204 valence electrons. The van der Waals surface area contributed by atoms with Crippen LogP contribution in [0.15, 0.2) is 113 Å². The smallest absolute Gasteiger partial charge is 0.335 e. The summed E-state index contributed by atoms with van der Waals surface area (Å²) in [6.07, 6.45) is 6.33. The van der Waals surface area contributed by atoms with Crippen molar-refractivity contribution in [2.45, 2.75) is 36.7 Å². The van der Waals surface area contributed by atoms with E-state index in [1.165, 1.54) is 35.4 Å². The fourth-order valence-corrected chi connectivity index (χ4v) is 5.71. The molecular formula is C31H34N2O5S. The standard InChI is InChI=1S/C31H34N2O5S/c1-23-12-14-24(15-13-23)22-38-21-20-32-29(25-8-4-2-5-9-25)30(26-10-6-3-7-11-26)33-39(36,37)28-18-16-27(17-19-28)31(34)35/h2-12,15-19,29-30,32-33H,13-14,20-22H2,1H3,(H,34,35). The molecule has 0 aromatic heterocycles. The quantitative estimate of drug-likeness (QED) is 0.195. The third-order valence-electron chi connectivity index (χ3n) is 6.67. The van der Waals surface area contributed by atoms with Crippen molar-refractivity contribution in [1.29, 1.82) is 0 Å². The molecule has 0 bridgehead atoms. The molecule has 1 aliphatic carbocycles. The Hall–Kier alpha value is -3.56. The molecule has 0 heterocycles. The van der Waals surface area contributed by atoms with Gasteiger partial charge < -0.3 is 15.2 Å². The minimum absolute atomic E-state index is 0.00591. The van der Waals surface area contributed by atoms with E-state index in [9.17, 15) is 18.3 Å². The highest BCUT2D eigenvalue weighted by molar-refractivity contribution is 7.89. The van der Waals surface area contributed by atoms with E-state index in [0.717, 1.165) is 24.0 Å². The fraction of sp³-hybridized carbons (Fsp3) is 0.258. The molecule has 39 heavy (non-hydrogen) atoms. The van der Waals surface area contributed by atoms with Crippen molar-refractivity contribution in [3.05, 3.63) is 125 Å². The molecule has 3 aromatic rings. The number of carbonyl (C=O) groups is 1. The van der Waals surface area contributed by atoms with Crippen molar-refractivity contribution in [3.63, 3.8) is 0 Å². The van der Waals surface area contributed by atoms with Crippen molar-refractivity contribution < 1.29 is 23.1 Å². The first-order chi connectivity index (χ1) is 18.8. The van der Waals surface area contributed by atoms with Crippen molar-refractivity contribution in [2.75, 3.05) is 19.8 Å². The summed E-state index contributed by atoms with van der Waals surface area (Å²) in [7, 11) is -3.98. The molecule has 0 saturated heterocycles. The van der Waals surface area contributed by atoms with E-state index in [4.69, 9.17) is 4.74 Å². The Labute approximate surface area is 230 Å². The predicted octanol–water partition coefficient (Wildman–Crippen LogP) is 5.42. The monoisotopic (exact) mass is 546 g/mol. The van der Waals surface area contributed by atoms with Gasteiger partial charge in [-0.25, -0.2) is 17.9 Å². The number of carboxylic acids is 1. The molecule has 7 nitrogen and oxygen atoms in total. The van der Waals surface area contributed by atoms with Crippen LogP contribution in [0.2, 0.25) is 0 Å². The summed E-state index contributed by atoms with van der Waals surface area (Å²) < 4.78 is 35.8. The van der Waals surface area contributed by atoms with E-state index in [1.807, 2.05) is 60.7 Å². The Morgan fingerprint density at radius 2 is 1.49 bits per heavy atom. The van der Waals surface area contributed by atoms with Gasteiger partial charge in [-0.1, -0.05) is 78.4 Å². The van der Waals surface area contributed by atoms with Gasteiger partial charge in [-0.15, -0.1) is 0 Å². The van der Waals surface area contributed by atoms with Crippen LogP contribution in [0.3, 0.4) is 0 Å². The fourth-order valence-electron chi connectivity index (χ4n) is 4.47. The third-order valence-corrected chi connectivity index (χ3v) is 8.12. The number of nitrogens with one attached hydrogen (secondary N) is 2. The third kappa shape index (κ3) is 7.97. The van der Waals surface area contributed by atoms with Crippen LogP contribution in [0.25, 0.3) is 0 Å². The van der Waals surface area contributed by atoms with Gasteiger partial charge in [0, 0.05) is 6.54 Å². The lowest BCUT2D eigenvalue weighted by atomic mass is 9.94. The summed E-state index contributed by atoms with van der Waals surface area (Å²) in [5, 5.41) is 12.7. The lowest BCUT2D eigenvalue weighted by molar-refractivity contribution is 0.0696. The number of benzene rings is 3. The summed E-state index contributed by atoms with van der Waals surface area (Å²) in [6.45, 7) is 3.68. The summed E-state index contributed by atoms with van der Waals surface area (Å²) in [5.74, 6) is -1.11. The van der Waals surface area contributed by atoms with Crippen LogP contribution < -0.4 is 10.0 Å². The van der Waals surface area contributed by atoms with Crippen molar-refractivity contribution in [1.82, 2.24) is 10.0 Å². The Morgan fingerprint density at radius 3 is 2.05 bits per heavy atom. The maximum atomic E-state index is 13.5. The molecule has 0 saturated carbocycles. The zero-order valence-corrected chi connectivity index (χ0v) is 22.7. The van der Waals surface area contributed by atoms with Gasteiger partial charge in [-0.3, -0.25) is 0 Å². The van der Waals surface area contributed by atoms with Gasteiger partial charge in [-0.05, 0) is 60.7 Å². The minimum atomic E-state index is -3.98. The summed E-state index contributed by atoms with van der Waals surface area (Å²) in [5.41, 5.74) is 4.38. The number of ether oxygens (including phenoxy) is 1. The molecule has 8 heteroatoms. The molecule has 2 unspecified atom stereocenters. The Balaban J connectivity index is 1.54. The van der Waals surface area contributed by atoms with Crippen LogP contribution in [-0.2, 0) is 14.8 Å². The SMILES string of the molecule is CC1=CCC(COCCNC(c2ccccc2)C(NS(=O)(=O)c2ccc(C(=O)O)cc2)c2ccccc2)=CC1. The number of carboxylic acid groups (broad SMARTS) is 1. The van der Waals surface area contributed by atoms with Gasteiger partial charge in [0.1, 0.15) is 0 Å². The number of hydrogen-bond donors (Lipinski definition) is 3. The molecule has 0 fully saturated rings. The van der Waals surface area contributed by atoms with Gasteiger partial charge in [0.2, 0.25) is 10.0 Å². The highest BCUT2D eigenvalue weighted by Gasteiger charge is 2.29. The number of aromatic carboxylic acids is 1. The normalized spacial score (nSPS) is 15.2. The van der Waals surface area contributed by atoms with Gasteiger partial charge in [0.25, 0.3) is 0 Å². The largest absolute Gasteiger partial charge is 0.478 e. The van der Waals surface area contributed by atoms with Crippen LogP contribution in [0.1, 0.15) is 53.3 Å². The second kappa shape index (κ2) is 13.5. The number of sulfonamides is 1. The Morgan fingerprint density at radius 1 is 0.872 bits per heavy atom. The first-order valence-electron chi connectivity index (χ1n) is 12.9. The lowest BCUT2D eigenvalue weighted by Crippen LogP contribution is -2.39. The van der Waals surface area contributed by atoms with Crippen molar-refractivity contribution in [3.8, 4) is 0 Å². The number of hydrogen-bond acceptors (Lipinski definition) is 5. The highest BCUT2D eigenvalue weighted by atomic mass is 32.2. The molecular weight excluding hydrogens is 512 g/mol. The van der Waals surface area contributed by atoms with E-state index in [0.29, 0.717) is 19.8 Å². The maximum absolute atomic E-state index is 13.5. The summed E-state index contributed by atoms with van der Waals surface area (Å²) in [4.78, 5) is 11.2. The molecule has 3 aromatic carbocycles. The van der Waals surface area contributed by atoms with E-state index < -0.39 is 28.1 Å². The van der Waals surface area contributed by atoms with Crippen LogP contribution in [-0.4, -0.2) is 39.3 Å². The van der Waals surface area contributed by atoms with Gasteiger partial charge >= 0.3 is 5.97 Å². The van der Waals surface area contributed by atoms with Gasteiger partial charge in [0.05, 0.1) is 35.8 Å². The Kier molecular flexibility index (Phi) is 9.84. The van der Waals surface area contributed by atoms with Crippen LogP contribution in [0, 0.1) is 0 Å². The zero-order chi connectivity index (χ0) is 27.7.